The first-order chi connectivity index (χ1) is 13.5. The number of hydrogen-bond donors (Lipinski definition) is 1. The summed E-state index contributed by atoms with van der Waals surface area (Å²) >= 11 is 0. The van der Waals surface area contributed by atoms with E-state index in [2.05, 4.69) is 35.1 Å². The van der Waals surface area contributed by atoms with Crippen LogP contribution in [0.5, 0.6) is 0 Å². The zero-order valence-electron chi connectivity index (χ0n) is 16.2. The molecule has 0 unspecified atom stereocenters. The van der Waals surface area contributed by atoms with Crippen LogP contribution in [0.4, 0.5) is 11.4 Å². The molecule has 0 aliphatic heterocycles. The Labute approximate surface area is 164 Å². The molecule has 1 amide bonds. The van der Waals surface area contributed by atoms with E-state index in [-0.39, 0.29) is 17.2 Å². The third-order valence-corrected chi connectivity index (χ3v) is 4.51. The van der Waals surface area contributed by atoms with E-state index in [1.165, 1.54) is 18.4 Å². The van der Waals surface area contributed by atoms with Crippen molar-refractivity contribution in [3.8, 4) is 0 Å². The van der Waals surface area contributed by atoms with Gasteiger partial charge in [0.25, 0.3) is 5.91 Å². The Kier molecular flexibility index (Phi) is 5.89. The van der Waals surface area contributed by atoms with Gasteiger partial charge in [0.15, 0.2) is 5.76 Å². The van der Waals surface area contributed by atoms with Crippen LogP contribution < -0.4 is 10.2 Å². The largest absolute Gasteiger partial charge is 0.459 e. The van der Waals surface area contributed by atoms with Crippen molar-refractivity contribution in [1.29, 1.82) is 0 Å². The van der Waals surface area contributed by atoms with Crippen LogP contribution in [0.3, 0.4) is 0 Å². The summed E-state index contributed by atoms with van der Waals surface area (Å²) in [6.07, 6.45) is 6.02. The molecule has 3 rings (SSSR count). The van der Waals surface area contributed by atoms with Gasteiger partial charge in [-0.1, -0.05) is 0 Å². The molecule has 2 aromatic rings. The van der Waals surface area contributed by atoms with Crippen molar-refractivity contribution >= 4 is 28.8 Å². The maximum atomic E-state index is 12.1. The number of nitrogens with zero attached hydrogens (tertiary/aromatic N) is 2. The summed E-state index contributed by atoms with van der Waals surface area (Å²) in [7, 11) is 0. The smallest absolute Gasteiger partial charge is 0.291 e. The Balaban J connectivity index is 1.83. The van der Waals surface area contributed by atoms with Crippen molar-refractivity contribution in [2.75, 3.05) is 18.0 Å². The molecule has 0 atom stereocenters. The number of furan rings is 1. The fourth-order valence-corrected chi connectivity index (χ4v) is 2.97. The standard InChI is InChI=1S/C22H23N3O3/c1-4-25(5-2)17-9-10-18(15(3)13-17)23-16-8-11-20(26)19(14-16)24-22(27)21-7-6-12-28-21/h6-14H,4-5H2,1-3H3,(H,24,27). The van der Waals surface area contributed by atoms with E-state index in [4.69, 9.17) is 4.42 Å². The topological polar surface area (TPSA) is 74.9 Å². The van der Waals surface area contributed by atoms with Crippen LogP contribution >= 0.6 is 0 Å². The molecule has 6 heteroatoms. The van der Waals surface area contributed by atoms with Crippen LogP contribution in [0.1, 0.15) is 30.0 Å². The maximum Gasteiger partial charge on any atom is 0.291 e. The lowest BCUT2D eigenvalue weighted by atomic mass is 10.1. The number of hydrogen-bond acceptors (Lipinski definition) is 5. The number of aryl methyl sites for hydroxylation is 1. The minimum Gasteiger partial charge on any atom is -0.459 e. The lowest BCUT2D eigenvalue weighted by Crippen LogP contribution is -2.28. The minimum atomic E-state index is -0.473. The third-order valence-electron chi connectivity index (χ3n) is 4.51. The Morgan fingerprint density at radius 1 is 1.18 bits per heavy atom. The molecule has 1 N–H and O–H groups in total. The van der Waals surface area contributed by atoms with Gasteiger partial charge in [-0.05, 0) is 74.9 Å². The molecule has 28 heavy (non-hydrogen) atoms. The fraction of sp³-hybridized carbons (Fsp3) is 0.227. The number of carbonyl (C=O) groups excluding carboxylic acids is 2. The summed E-state index contributed by atoms with van der Waals surface area (Å²) in [5.74, 6) is -0.615. The Hall–Kier alpha value is -3.41. The molecule has 1 heterocycles. The van der Waals surface area contributed by atoms with Crippen LogP contribution in [0.2, 0.25) is 0 Å². The van der Waals surface area contributed by atoms with Crippen LogP contribution in [0.15, 0.2) is 69.9 Å². The fourth-order valence-electron chi connectivity index (χ4n) is 2.97. The van der Waals surface area contributed by atoms with Gasteiger partial charge < -0.3 is 14.6 Å². The average molecular weight is 377 g/mol. The summed E-state index contributed by atoms with van der Waals surface area (Å²) in [5.41, 5.74) is 3.77. The van der Waals surface area contributed by atoms with Gasteiger partial charge >= 0.3 is 0 Å². The molecule has 144 valence electrons. The first kappa shape index (κ1) is 19.4. The molecule has 0 saturated carbocycles. The van der Waals surface area contributed by atoms with E-state index < -0.39 is 5.91 Å². The maximum absolute atomic E-state index is 12.1. The summed E-state index contributed by atoms with van der Waals surface area (Å²) in [5, 5.41) is 2.58. The molecular weight excluding hydrogens is 354 g/mol. The van der Waals surface area contributed by atoms with Gasteiger partial charge in [0.2, 0.25) is 5.78 Å². The van der Waals surface area contributed by atoms with Gasteiger partial charge in [-0.15, -0.1) is 0 Å². The lowest BCUT2D eigenvalue weighted by molar-refractivity contribution is -0.111. The SMILES string of the molecule is CCN(CC)c1ccc(N=C2C=CC(=O)C(NC(=O)c3ccco3)=C2)c(C)c1. The Morgan fingerprint density at radius 2 is 1.96 bits per heavy atom. The Morgan fingerprint density at radius 3 is 2.61 bits per heavy atom. The molecule has 1 aliphatic carbocycles. The molecular formula is C22H23N3O3. The quantitative estimate of drug-likeness (QED) is 0.773. The van der Waals surface area contributed by atoms with Crippen LogP contribution in [-0.2, 0) is 4.79 Å². The second-order valence-corrected chi connectivity index (χ2v) is 6.37. The number of benzene rings is 1. The summed E-state index contributed by atoms with van der Waals surface area (Å²) in [4.78, 5) is 31.1. The van der Waals surface area contributed by atoms with E-state index in [0.717, 1.165) is 30.0 Å². The molecule has 1 aliphatic rings. The zero-order valence-corrected chi connectivity index (χ0v) is 16.2. The van der Waals surface area contributed by atoms with Crippen molar-refractivity contribution < 1.29 is 14.0 Å². The average Bonchev–Trinajstić information content (AvgIpc) is 3.22. The second kappa shape index (κ2) is 8.52. The zero-order chi connectivity index (χ0) is 20.1. The van der Waals surface area contributed by atoms with Crippen LogP contribution in [0.25, 0.3) is 0 Å². The predicted molar refractivity (Wildman–Crippen MR) is 110 cm³/mol. The molecule has 6 nitrogen and oxygen atoms in total. The summed E-state index contributed by atoms with van der Waals surface area (Å²) < 4.78 is 5.06. The third kappa shape index (κ3) is 4.28. The number of amides is 1. The Bertz CT molecular complexity index is 965. The van der Waals surface area contributed by atoms with E-state index in [0.29, 0.717) is 5.71 Å². The number of ketones is 1. The number of aliphatic imine (C=N–C) groups is 1. The highest BCUT2D eigenvalue weighted by Gasteiger charge is 2.17. The second-order valence-electron chi connectivity index (χ2n) is 6.37. The molecule has 0 fully saturated rings. The van der Waals surface area contributed by atoms with Gasteiger partial charge in [0, 0.05) is 18.8 Å². The molecule has 1 aromatic carbocycles. The highest BCUT2D eigenvalue weighted by atomic mass is 16.3. The van der Waals surface area contributed by atoms with Crippen molar-refractivity contribution in [1.82, 2.24) is 5.32 Å². The first-order valence-corrected chi connectivity index (χ1v) is 9.25. The van der Waals surface area contributed by atoms with Gasteiger partial charge in [0.1, 0.15) is 0 Å². The number of allylic oxidation sites excluding steroid dienone is 3. The van der Waals surface area contributed by atoms with Crippen molar-refractivity contribution in [3.05, 3.63) is 71.8 Å². The monoisotopic (exact) mass is 377 g/mol. The van der Waals surface area contributed by atoms with Crippen molar-refractivity contribution in [2.45, 2.75) is 20.8 Å². The van der Waals surface area contributed by atoms with Crippen LogP contribution in [0, 0.1) is 6.92 Å². The first-order valence-electron chi connectivity index (χ1n) is 9.25. The summed E-state index contributed by atoms with van der Waals surface area (Å²) in [6.45, 7) is 8.14. The predicted octanol–water partition coefficient (Wildman–Crippen LogP) is 3.96. The molecule has 0 bridgehead atoms. The van der Waals surface area contributed by atoms with Crippen LogP contribution in [-0.4, -0.2) is 30.5 Å². The van der Waals surface area contributed by atoms with Crippen molar-refractivity contribution in [2.24, 2.45) is 4.99 Å². The normalized spacial score (nSPS) is 14.9. The van der Waals surface area contributed by atoms with Gasteiger partial charge in [-0.25, -0.2) is 4.99 Å². The number of carbonyl (C=O) groups is 2. The number of nitrogens with one attached hydrogen (secondary N) is 1. The molecule has 0 radical (unpaired) electrons. The van der Waals surface area contributed by atoms with E-state index in [1.54, 1.807) is 18.2 Å². The summed E-state index contributed by atoms with van der Waals surface area (Å²) in [6, 6.07) is 9.27. The number of rotatable bonds is 6. The van der Waals surface area contributed by atoms with Gasteiger partial charge in [-0.3, -0.25) is 9.59 Å². The van der Waals surface area contributed by atoms with Gasteiger partial charge in [-0.2, -0.15) is 0 Å². The highest BCUT2D eigenvalue weighted by molar-refractivity contribution is 6.20. The van der Waals surface area contributed by atoms with Crippen molar-refractivity contribution in [3.63, 3.8) is 0 Å². The lowest BCUT2D eigenvalue weighted by Gasteiger charge is -2.21. The highest BCUT2D eigenvalue weighted by Crippen LogP contribution is 2.25. The van der Waals surface area contributed by atoms with E-state index in [1.807, 2.05) is 19.1 Å². The number of anilines is 1. The minimum absolute atomic E-state index is 0.143. The molecule has 0 spiro atoms. The van der Waals surface area contributed by atoms with Gasteiger partial charge in [0.05, 0.1) is 23.4 Å². The molecule has 0 saturated heterocycles. The molecule has 1 aromatic heterocycles. The van der Waals surface area contributed by atoms with E-state index in [9.17, 15) is 9.59 Å². The van der Waals surface area contributed by atoms with E-state index >= 15 is 0 Å².